The van der Waals surface area contributed by atoms with Crippen LogP contribution in [0.1, 0.15) is 35.3 Å². The first-order chi connectivity index (χ1) is 20.8. The van der Waals surface area contributed by atoms with E-state index in [-0.39, 0.29) is 43.2 Å². The van der Waals surface area contributed by atoms with Gasteiger partial charge in [0, 0.05) is 17.6 Å². The Labute approximate surface area is 267 Å². The molecule has 0 spiro atoms. The van der Waals surface area contributed by atoms with Crippen molar-refractivity contribution in [1.29, 1.82) is 0 Å². The number of ether oxygens (including phenoxy) is 4. The lowest BCUT2D eigenvalue weighted by Gasteiger charge is -2.23. The minimum Gasteiger partial charge on any atom is -0.455 e. The molecule has 0 fully saturated rings. The van der Waals surface area contributed by atoms with E-state index < -0.39 is 23.8 Å². The molecule has 0 amide bonds. The Kier molecular flexibility index (Phi) is 11.3. The molecule has 0 bridgehead atoms. The first-order valence-corrected chi connectivity index (χ1v) is 14.3. The highest BCUT2D eigenvalue weighted by Gasteiger charge is 2.60. The summed E-state index contributed by atoms with van der Waals surface area (Å²) < 4.78 is 22.8. The zero-order valence-electron chi connectivity index (χ0n) is 24.0. The maximum atomic E-state index is 13.4. The Morgan fingerprint density at radius 2 is 1.39 bits per heavy atom. The van der Waals surface area contributed by atoms with E-state index in [1.807, 2.05) is 55.5 Å². The van der Waals surface area contributed by atoms with Gasteiger partial charge in [-0.1, -0.05) is 90.5 Å². The summed E-state index contributed by atoms with van der Waals surface area (Å²) in [5, 5.41) is 14.4. The second-order valence-electron chi connectivity index (χ2n) is 10.3. The zero-order valence-corrected chi connectivity index (χ0v) is 25.6. The van der Waals surface area contributed by atoms with Gasteiger partial charge < -0.3 is 29.4 Å². The van der Waals surface area contributed by atoms with E-state index in [0.717, 1.165) is 22.3 Å². The van der Waals surface area contributed by atoms with Gasteiger partial charge in [-0.25, -0.2) is 9.59 Å². The summed E-state index contributed by atoms with van der Waals surface area (Å²) in [7, 11) is 0. The molecule has 4 aromatic rings. The van der Waals surface area contributed by atoms with E-state index in [9.17, 15) is 14.7 Å². The van der Waals surface area contributed by atoms with Crippen LogP contribution < -0.4 is 14.8 Å². The molecule has 1 aliphatic rings. The van der Waals surface area contributed by atoms with Crippen LogP contribution >= 0.6 is 24.0 Å². The third-order valence-electron chi connectivity index (χ3n) is 6.91. The number of benzene rings is 4. The van der Waals surface area contributed by atoms with E-state index in [2.05, 4.69) is 5.32 Å². The molecule has 4 aromatic carbocycles. The summed E-state index contributed by atoms with van der Waals surface area (Å²) >= 11 is 6.04. The first-order valence-electron chi connectivity index (χ1n) is 13.9. The molecule has 8 nitrogen and oxygen atoms in total. The molecule has 2 atom stereocenters. The average molecular weight is 639 g/mol. The quantitative estimate of drug-likeness (QED) is 0.145. The molecule has 230 valence electrons. The number of aliphatic hydroxyl groups excluding tert-OH is 1. The van der Waals surface area contributed by atoms with E-state index in [1.165, 1.54) is 0 Å². The molecule has 5 rings (SSSR count). The van der Waals surface area contributed by atoms with Gasteiger partial charge in [0.05, 0.1) is 6.10 Å². The third-order valence-corrected chi connectivity index (χ3v) is 7.15. The number of fused-ring (bicyclic) bond motifs is 1. The third kappa shape index (κ3) is 8.09. The fourth-order valence-corrected chi connectivity index (χ4v) is 4.83. The fourth-order valence-electron chi connectivity index (χ4n) is 4.63. The molecule has 0 aromatic heterocycles. The highest BCUT2D eigenvalue weighted by atomic mass is 35.5. The molecule has 2 unspecified atom stereocenters. The maximum Gasteiger partial charge on any atom is 0.453 e. The minimum absolute atomic E-state index is 0. The summed E-state index contributed by atoms with van der Waals surface area (Å²) in [5.74, 6) is -4.05. The van der Waals surface area contributed by atoms with Crippen molar-refractivity contribution in [3.8, 4) is 11.5 Å². The molecule has 0 saturated heterocycles. The second-order valence-corrected chi connectivity index (χ2v) is 10.7. The number of halogens is 2. The lowest BCUT2D eigenvalue weighted by molar-refractivity contribution is -0.204. The van der Waals surface area contributed by atoms with Gasteiger partial charge >= 0.3 is 17.7 Å². The smallest absolute Gasteiger partial charge is 0.453 e. The zero-order chi connectivity index (χ0) is 30.2. The van der Waals surface area contributed by atoms with Crippen molar-refractivity contribution in [2.75, 3.05) is 6.54 Å². The topological polar surface area (TPSA) is 103 Å². The van der Waals surface area contributed by atoms with Gasteiger partial charge in [0.2, 0.25) is 0 Å². The van der Waals surface area contributed by atoms with Crippen molar-refractivity contribution < 1.29 is 33.6 Å². The van der Waals surface area contributed by atoms with E-state index in [1.54, 1.807) is 54.6 Å². The van der Waals surface area contributed by atoms with Crippen molar-refractivity contribution >= 4 is 35.9 Å². The highest BCUT2D eigenvalue weighted by Crippen LogP contribution is 2.41. The molecule has 0 radical (unpaired) electrons. The van der Waals surface area contributed by atoms with Crippen molar-refractivity contribution in [1.82, 2.24) is 5.32 Å². The van der Waals surface area contributed by atoms with Crippen LogP contribution in [0.2, 0.25) is 5.02 Å². The molecule has 10 heteroatoms. The molecule has 0 aliphatic carbocycles. The molecule has 1 aliphatic heterocycles. The van der Waals surface area contributed by atoms with Crippen molar-refractivity contribution in [2.24, 2.45) is 0 Å². The standard InChI is InChI=1S/C34H32ClNO7.ClH/c1-23(36-20-29(37)27-13-8-14-28(35)19-27)17-26-15-16-30-31(18-26)43-34(42-30,32(38)40-21-24-9-4-2-5-10-24)33(39)41-22-25-11-6-3-7-12-25;/h2-16,18-19,23,29,36-37H,17,20-22H2,1H3;1H. The monoisotopic (exact) mass is 637 g/mol. The fraction of sp³-hybridized carbons (Fsp3) is 0.235. The van der Waals surface area contributed by atoms with Gasteiger partial charge in [-0.3, -0.25) is 0 Å². The number of hydrogen-bond acceptors (Lipinski definition) is 8. The van der Waals surface area contributed by atoms with E-state index >= 15 is 0 Å². The number of rotatable bonds is 12. The van der Waals surface area contributed by atoms with Gasteiger partial charge in [-0.2, -0.15) is 0 Å². The summed E-state index contributed by atoms with van der Waals surface area (Å²) in [4.78, 5) is 26.8. The Hall–Kier alpha value is -4.08. The van der Waals surface area contributed by atoms with Crippen molar-refractivity contribution in [2.45, 2.75) is 44.5 Å². The molecular weight excluding hydrogens is 605 g/mol. The van der Waals surface area contributed by atoms with Crippen LogP contribution in [0.25, 0.3) is 0 Å². The van der Waals surface area contributed by atoms with Crippen LogP contribution in [-0.2, 0) is 38.7 Å². The number of hydrogen-bond donors (Lipinski definition) is 2. The molecule has 44 heavy (non-hydrogen) atoms. The van der Waals surface area contributed by atoms with Crippen molar-refractivity contribution in [3.63, 3.8) is 0 Å². The van der Waals surface area contributed by atoms with Gasteiger partial charge in [0.25, 0.3) is 0 Å². The minimum atomic E-state index is -2.45. The molecular formula is C34H33Cl2NO7. The number of esters is 2. The van der Waals surface area contributed by atoms with Crippen LogP contribution in [0.5, 0.6) is 11.5 Å². The maximum absolute atomic E-state index is 13.4. The van der Waals surface area contributed by atoms with Crippen LogP contribution in [-0.4, -0.2) is 35.4 Å². The van der Waals surface area contributed by atoms with Gasteiger partial charge in [-0.15, -0.1) is 12.4 Å². The predicted molar refractivity (Wildman–Crippen MR) is 168 cm³/mol. The Morgan fingerprint density at radius 1 is 0.795 bits per heavy atom. The Bertz CT molecular complexity index is 1500. The predicted octanol–water partition coefficient (Wildman–Crippen LogP) is 5.97. The number of aliphatic hydroxyl groups is 1. The molecule has 0 saturated carbocycles. The van der Waals surface area contributed by atoms with Gasteiger partial charge in [0.1, 0.15) is 13.2 Å². The first kappa shape index (κ1) is 32.8. The number of nitrogens with one attached hydrogen (secondary N) is 1. The van der Waals surface area contributed by atoms with Crippen LogP contribution in [0.15, 0.2) is 103 Å². The summed E-state index contributed by atoms with van der Waals surface area (Å²) in [6.07, 6.45) is -0.148. The lowest BCUT2D eigenvalue weighted by Crippen LogP contribution is -2.55. The highest BCUT2D eigenvalue weighted by molar-refractivity contribution is 6.30. The van der Waals surface area contributed by atoms with Crippen LogP contribution in [0, 0.1) is 0 Å². The number of carbonyl (C=O) groups excluding carboxylic acids is 2. The summed E-state index contributed by atoms with van der Waals surface area (Å²) in [6, 6.07) is 30.5. The Balaban J connectivity index is 0.00000442. The lowest BCUT2D eigenvalue weighted by atomic mass is 10.1. The Morgan fingerprint density at radius 3 is 1.98 bits per heavy atom. The molecule has 1 heterocycles. The summed E-state index contributed by atoms with van der Waals surface area (Å²) in [5.41, 5.74) is 3.07. The number of carbonyl (C=O) groups is 2. The normalized spacial score (nSPS) is 14.2. The largest absolute Gasteiger partial charge is 0.455 e. The van der Waals surface area contributed by atoms with Crippen LogP contribution in [0.4, 0.5) is 0 Å². The van der Waals surface area contributed by atoms with Gasteiger partial charge in [0.15, 0.2) is 11.5 Å². The second kappa shape index (κ2) is 15.1. The average Bonchev–Trinajstić information content (AvgIpc) is 3.42. The van der Waals surface area contributed by atoms with Crippen molar-refractivity contribution in [3.05, 3.63) is 130 Å². The van der Waals surface area contributed by atoms with Gasteiger partial charge in [-0.05, 0) is 59.9 Å². The van der Waals surface area contributed by atoms with Crippen LogP contribution in [0.3, 0.4) is 0 Å². The van der Waals surface area contributed by atoms with E-state index in [4.69, 9.17) is 30.5 Å². The van der Waals surface area contributed by atoms with E-state index in [0.29, 0.717) is 18.0 Å². The SMILES string of the molecule is CC(Cc1ccc2c(c1)OC(C(=O)OCc1ccccc1)(C(=O)OCc1ccccc1)O2)NCC(O)c1cccc(Cl)c1.Cl. The summed E-state index contributed by atoms with van der Waals surface area (Å²) in [6.45, 7) is 2.16. The molecule has 2 N–H and O–H groups in total.